The molecule has 3 nitrogen and oxygen atoms in total. The highest BCUT2D eigenvalue weighted by Gasteiger charge is 2.57. The van der Waals surface area contributed by atoms with E-state index in [-0.39, 0.29) is 11.1 Å². The molecule has 0 aromatic heterocycles. The Morgan fingerprint density at radius 3 is 2.05 bits per heavy atom. The van der Waals surface area contributed by atoms with Gasteiger partial charge in [-0.3, -0.25) is 5.41 Å². The Morgan fingerprint density at radius 1 is 1.10 bits per heavy atom. The minimum atomic E-state index is -5.57. The monoisotopic (exact) mass is 300 g/mol. The average Bonchev–Trinajstić information content (AvgIpc) is 2.25. The molecule has 0 unspecified atom stereocenters. The van der Waals surface area contributed by atoms with E-state index in [1.165, 1.54) is 24.3 Å². The number of nitrogens with two attached hydrogens (primary N) is 1. The summed E-state index contributed by atoms with van der Waals surface area (Å²) in [5.41, 5.74) is 5.17. The van der Waals surface area contributed by atoms with E-state index in [9.17, 15) is 26.3 Å². The van der Waals surface area contributed by atoms with Gasteiger partial charge in [0.05, 0.1) is 6.61 Å². The maximum atomic E-state index is 12.3. The SMILES string of the molecule is N=C(N)c1ccccc1COC(C(F)(F)F)C(F)(F)F. The Labute approximate surface area is 109 Å². The van der Waals surface area contributed by atoms with Crippen LogP contribution in [-0.4, -0.2) is 24.3 Å². The highest BCUT2D eigenvalue weighted by molar-refractivity contribution is 5.96. The third-order valence-electron chi connectivity index (χ3n) is 2.31. The van der Waals surface area contributed by atoms with Gasteiger partial charge in [-0.25, -0.2) is 0 Å². The highest BCUT2D eigenvalue weighted by Crippen LogP contribution is 2.36. The zero-order valence-corrected chi connectivity index (χ0v) is 9.85. The molecule has 9 heteroatoms. The average molecular weight is 300 g/mol. The molecule has 0 amide bonds. The fourth-order valence-corrected chi connectivity index (χ4v) is 1.46. The van der Waals surface area contributed by atoms with Gasteiger partial charge in [-0.15, -0.1) is 0 Å². The molecule has 0 fully saturated rings. The minimum absolute atomic E-state index is 0.0237. The Morgan fingerprint density at radius 2 is 1.60 bits per heavy atom. The Kier molecular flexibility index (Phi) is 4.64. The van der Waals surface area contributed by atoms with Gasteiger partial charge >= 0.3 is 12.4 Å². The maximum Gasteiger partial charge on any atom is 0.423 e. The predicted octanol–water partition coefficient (Wildman–Crippen LogP) is 2.98. The third kappa shape index (κ3) is 4.12. The van der Waals surface area contributed by atoms with E-state index in [1.54, 1.807) is 0 Å². The van der Waals surface area contributed by atoms with Crippen LogP contribution in [0.25, 0.3) is 0 Å². The van der Waals surface area contributed by atoms with Crippen molar-refractivity contribution in [2.75, 3.05) is 0 Å². The van der Waals surface area contributed by atoms with Gasteiger partial charge in [0, 0.05) is 5.56 Å². The summed E-state index contributed by atoms with van der Waals surface area (Å²) in [6, 6.07) is 5.38. The Hall–Kier alpha value is -1.77. The van der Waals surface area contributed by atoms with Gasteiger partial charge in [-0.1, -0.05) is 24.3 Å². The number of amidine groups is 1. The summed E-state index contributed by atoms with van der Waals surface area (Å²) in [4.78, 5) is 0. The number of hydrogen-bond donors (Lipinski definition) is 2. The molecule has 1 rings (SSSR count). The van der Waals surface area contributed by atoms with Gasteiger partial charge in [0.2, 0.25) is 6.10 Å². The number of halogens is 6. The lowest BCUT2D eigenvalue weighted by molar-refractivity contribution is -0.324. The fraction of sp³-hybridized carbons (Fsp3) is 0.364. The molecule has 0 aliphatic carbocycles. The van der Waals surface area contributed by atoms with Crippen molar-refractivity contribution >= 4 is 5.84 Å². The maximum absolute atomic E-state index is 12.3. The molecule has 0 saturated carbocycles. The number of ether oxygens (including phenoxy) is 1. The molecule has 0 spiro atoms. The van der Waals surface area contributed by atoms with Crippen molar-refractivity contribution in [2.24, 2.45) is 5.73 Å². The van der Waals surface area contributed by atoms with E-state index in [4.69, 9.17) is 11.1 Å². The summed E-state index contributed by atoms with van der Waals surface area (Å²) in [6.45, 7) is -0.959. The molecule has 0 aliphatic heterocycles. The summed E-state index contributed by atoms with van der Waals surface area (Å²) in [6.07, 6.45) is -15.0. The van der Waals surface area contributed by atoms with E-state index in [0.717, 1.165) is 0 Å². The van der Waals surface area contributed by atoms with Gasteiger partial charge < -0.3 is 10.5 Å². The summed E-state index contributed by atoms with van der Waals surface area (Å²) in [5.74, 6) is -0.472. The smallest absolute Gasteiger partial charge is 0.384 e. The molecular weight excluding hydrogens is 290 g/mol. The van der Waals surface area contributed by atoms with Crippen LogP contribution in [0, 0.1) is 5.41 Å². The largest absolute Gasteiger partial charge is 0.423 e. The van der Waals surface area contributed by atoms with Crippen LogP contribution in [0.4, 0.5) is 26.3 Å². The topological polar surface area (TPSA) is 59.1 Å². The standard InChI is InChI=1S/C11H10F6N2O/c12-10(13,14)9(11(15,16)17)20-5-6-3-1-2-4-7(6)8(18)19/h1-4,9H,5H2,(H3,18,19). The van der Waals surface area contributed by atoms with Gasteiger partial charge in [-0.2, -0.15) is 26.3 Å². The zero-order valence-electron chi connectivity index (χ0n) is 9.85. The number of nitrogens with one attached hydrogen (secondary N) is 1. The molecule has 1 aromatic carbocycles. The summed E-state index contributed by atoms with van der Waals surface area (Å²) in [5, 5.41) is 7.19. The van der Waals surface area contributed by atoms with Crippen LogP contribution < -0.4 is 5.73 Å². The Balaban J connectivity index is 2.92. The molecule has 0 bridgehead atoms. The molecule has 1 aromatic rings. The van der Waals surface area contributed by atoms with Gasteiger partial charge in [0.1, 0.15) is 5.84 Å². The quantitative estimate of drug-likeness (QED) is 0.510. The summed E-state index contributed by atoms with van der Waals surface area (Å²) < 4.78 is 77.5. The van der Waals surface area contributed by atoms with Crippen LogP contribution in [0.2, 0.25) is 0 Å². The lowest BCUT2D eigenvalue weighted by Crippen LogP contribution is -2.44. The van der Waals surface area contributed by atoms with Crippen molar-refractivity contribution in [1.82, 2.24) is 0 Å². The number of rotatable bonds is 4. The number of alkyl halides is 6. The van der Waals surface area contributed by atoms with Crippen LogP contribution in [0.5, 0.6) is 0 Å². The number of hydrogen-bond acceptors (Lipinski definition) is 2. The third-order valence-corrected chi connectivity index (χ3v) is 2.31. The van der Waals surface area contributed by atoms with E-state index >= 15 is 0 Å². The second kappa shape index (κ2) is 5.70. The second-order valence-corrected chi connectivity index (χ2v) is 3.85. The van der Waals surface area contributed by atoms with Crippen molar-refractivity contribution in [3.63, 3.8) is 0 Å². The molecule has 0 saturated heterocycles. The van der Waals surface area contributed by atoms with Crippen LogP contribution >= 0.6 is 0 Å². The molecule has 0 aliphatic rings. The van der Waals surface area contributed by atoms with Crippen molar-refractivity contribution in [2.45, 2.75) is 25.1 Å². The molecule has 3 N–H and O–H groups in total. The van der Waals surface area contributed by atoms with Crippen molar-refractivity contribution in [3.05, 3.63) is 35.4 Å². The highest BCUT2D eigenvalue weighted by atomic mass is 19.4. The lowest BCUT2D eigenvalue weighted by Gasteiger charge is -2.23. The normalized spacial score (nSPS) is 12.8. The van der Waals surface area contributed by atoms with Crippen molar-refractivity contribution in [1.29, 1.82) is 5.41 Å². The first-order chi connectivity index (χ1) is 9.03. The molecule has 0 atom stereocenters. The Bertz CT molecular complexity index is 469. The summed E-state index contributed by atoms with van der Waals surface area (Å²) >= 11 is 0. The van der Waals surface area contributed by atoms with Gasteiger partial charge in [-0.05, 0) is 5.56 Å². The van der Waals surface area contributed by atoms with Crippen LogP contribution in [-0.2, 0) is 11.3 Å². The first-order valence-corrected chi connectivity index (χ1v) is 5.21. The molecule has 20 heavy (non-hydrogen) atoms. The lowest BCUT2D eigenvalue weighted by atomic mass is 10.1. The van der Waals surface area contributed by atoms with Crippen LogP contribution in [0.1, 0.15) is 11.1 Å². The van der Waals surface area contributed by atoms with Crippen LogP contribution in [0.3, 0.4) is 0 Å². The van der Waals surface area contributed by atoms with Gasteiger partial charge in [0.25, 0.3) is 0 Å². The second-order valence-electron chi connectivity index (χ2n) is 3.85. The van der Waals surface area contributed by atoms with E-state index in [0.29, 0.717) is 0 Å². The van der Waals surface area contributed by atoms with Crippen molar-refractivity contribution < 1.29 is 31.1 Å². The van der Waals surface area contributed by atoms with E-state index in [1.807, 2.05) is 0 Å². The molecule has 112 valence electrons. The first kappa shape index (κ1) is 16.3. The molecular formula is C11H10F6N2O. The molecule has 0 radical (unpaired) electrons. The van der Waals surface area contributed by atoms with Crippen LogP contribution in [0.15, 0.2) is 24.3 Å². The fourth-order valence-electron chi connectivity index (χ4n) is 1.46. The predicted molar refractivity (Wildman–Crippen MR) is 58.1 cm³/mol. The van der Waals surface area contributed by atoms with Crippen molar-refractivity contribution in [3.8, 4) is 0 Å². The number of benzene rings is 1. The molecule has 0 heterocycles. The van der Waals surface area contributed by atoms with E-state index in [2.05, 4.69) is 4.74 Å². The van der Waals surface area contributed by atoms with Gasteiger partial charge in [0.15, 0.2) is 0 Å². The van der Waals surface area contributed by atoms with E-state index < -0.39 is 30.9 Å². The summed E-state index contributed by atoms with van der Waals surface area (Å²) in [7, 11) is 0. The zero-order chi connectivity index (χ0) is 15.6. The first-order valence-electron chi connectivity index (χ1n) is 5.21. The number of nitrogen functional groups attached to an aromatic ring is 1. The minimum Gasteiger partial charge on any atom is -0.384 e.